The van der Waals surface area contributed by atoms with Crippen molar-refractivity contribution in [1.82, 2.24) is 4.90 Å². The minimum Gasteiger partial charge on any atom is -0.502 e. The van der Waals surface area contributed by atoms with Crippen LogP contribution in [0.2, 0.25) is 0 Å². The Balaban J connectivity index is 1.72. The Bertz CT molecular complexity index is 694. The predicted molar refractivity (Wildman–Crippen MR) is 87.6 cm³/mol. The molecule has 6 heteroatoms. The summed E-state index contributed by atoms with van der Waals surface area (Å²) in [6, 6.07) is 5.08. The number of furan rings is 1. The molecule has 0 unspecified atom stereocenters. The van der Waals surface area contributed by atoms with Gasteiger partial charge in [-0.3, -0.25) is 9.69 Å². The van der Waals surface area contributed by atoms with Gasteiger partial charge >= 0.3 is 0 Å². The lowest BCUT2D eigenvalue weighted by Gasteiger charge is -2.30. The van der Waals surface area contributed by atoms with Crippen LogP contribution in [-0.4, -0.2) is 27.7 Å². The zero-order valence-corrected chi connectivity index (χ0v) is 13.6. The topological polar surface area (TPSA) is 87.1 Å². The van der Waals surface area contributed by atoms with Crippen molar-refractivity contribution in [2.24, 2.45) is 0 Å². The van der Waals surface area contributed by atoms with Crippen LogP contribution in [0.1, 0.15) is 49.7 Å². The van der Waals surface area contributed by atoms with Crippen molar-refractivity contribution < 1.29 is 19.0 Å². The van der Waals surface area contributed by atoms with Crippen LogP contribution in [0.15, 0.2) is 44.4 Å². The molecule has 3 rings (SSSR count). The van der Waals surface area contributed by atoms with Crippen molar-refractivity contribution in [3.8, 4) is 5.75 Å². The average Bonchev–Trinajstić information content (AvgIpc) is 3.02. The molecule has 1 saturated heterocycles. The van der Waals surface area contributed by atoms with Crippen LogP contribution >= 0.6 is 0 Å². The lowest BCUT2D eigenvalue weighted by atomic mass is 10.0. The average molecular weight is 333 g/mol. The first-order chi connectivity index (χ1) is 11.6. The Morgan fingerprint density at radius 1 is 1.29 bits per heavy atom. The molecule has 0 bridgehead atoms. The van der Waals surface area contributed by atoms with Crippen molar-refractivity contribution in [2.45, 2.75) is 50.8 Å². The van der Waals surface area contributed by atoms with Crippen molar-refractivity contribution in [2.75, 3.05) is 6.54 Å². The van der Waals surface area contributed by atoms with Crippen LogP contribution in [0.5, 0.6) is 5.75 Å². The summed E-state index contributed by atoms with van der Waals surface area (Å²) >= 11 is 0. The summed E-state index contributed by atoms with van der Waals surface area (Å²) in [5.74, 6) is 0.729. The van der Waals surface area contributed by atoms with Crippen molar-refractivity contribution in [3.63, 3.8) is 0 Å². The third kappa shape index (κ3) is 4.07. The molecule has 3 heterocycles. The fourth-order valence-electron chi connectivity index (χ4n) is 3.29. The number of aliphatic hydroxyl groups is 1. The molecule has 24 heavy (non-hydrogen) atoms. The summed E-state index contributed by atoms with van der Waals surface area (Å²) in [7, 11) is 0. The van der Waals surface area contributed by atoms with Crippen molar-refractivity contribution >= 4 is 0 Å². The number of rotatable bonds is 5. The highest BCUT2D eigenvalue weighted by Crippen LogP contribution is 2.27. The van der Waals surface area contributed by atoms with Gasteiger partial charge in [-0.05, 0) is 37.9 Å². The molecule has 2 aromatic heterocycles. The number of hydrogen-bond donors (Lipinski definition) is 2. The Morgan fingerprint density at radius 3 is 2.92 bits per heavy atom. The molecule has 0 aromatic carbocycles. The molecule has 2 atom stereocenters. The van der Waals surface area contributed by atoms with Gasteiger partial charge in [-0.1, -0.05) is 12.8 Å². The number of aliphatic hydroxyl groups excluding tert-OH is 1. The summed E-state index contributed by atoms with van der Waals surface area (Å²) in [6.07, 6.45) is 6.93. The fraction of sp³-hybridized carbons (Fsp3) is 0.500. The van der Waals surface area contributed by atoms with Gasteiger partial charge in [0.15, 0.2) is 5.75 Å². The maximum atomic E-state index is 11.6. The second-order valence-corrected chi connectivity index (χ2v) is 6.34. The normalized spacial score (nSPS) is 20.6. The molecule has 0 radical (unpaired) electrons. The third-order valence-corrected chi connectivity index (χ3v) is 4.59. The third-order valence-electron chi connectivity index (χ3n) is 4.59. The summed E-state index contributed by atoms with van der Waals surface area (Å²) in [4.78, 5) is 13.8. The second kappa shape index (κ2) is 7.68. The van der Waals surface area contributed by atoms with Gasteiger partial charge in [0.25, 0.3) is 0 Å². The van der Waals surface area contributed by atoms with E-state index in [1.165, 1.54) is 6.07 Å². The van der Waals surface area contributed by atoms with Crippen LogP contribution in [-0.2, 0) is 6.54 Å². The van der Waals surface area contributed by atoms with Gasteiger partial charge in [0.2, 0.25) is 5.43 Å². The standard InChI is InChI=1S/C18H23NO5/c20-15-10-14(24-12-17(15)22)11-19-7-3-1-2-5-13(19)9-16(21)18-6-4-8-23-18/h4,6,8,10,12-13,16,21-22H,1-3,5,7,9,11H2/t13-,16+/m0/s1. The minimum atomic E-state index is -0.641. The van der Waals surface area contributed by atoms with Gasteiger partial charge in [-0.15, -0.1) is 0 Å². The quantitative estimate of drug-likeness (QED) is 0.875. The molecule has 2 aromatic rings. The van der Waals surface area contributed by atoms with Gasteiger partial charge in [0.05, 0.1) is 12.8 Å². The predicted octanol–water partition coefficient (Wildman–Crippen LogP) is 2.81. The van der Waals surface area contributed by atoms with Crippen LogP contribution in [0.4, 0.5) is 0 Å². The summed E-state index contributed by atoms with van der Waals surface area (Å²) in [5, 5.41) is 19.7. The van der Waals surface area contributed by atoms with Gasteiger partial charge in [-0.25, -0.2) is 0 Å². The van der Waals surface area contributed by atoms with E-state index in [1.54, 1.807) is 18.4 Å². The molecule has 0 saturated carbocycles. The van der Waals surface area contributed by atoms with Gasteiger partial charge < -0.3 is 19.0 Å². The largest absolute Gasteiger partial charge is 0.502 e. The van der Waals surface area contributed by atoms with E-state index in [2.05, 4.69) is 4.90 Å². The van der Waals surface area contributed by atoms with E-state index in [4.69, 9.17) is 8.83 Å². The lowest BCUT2D eigenvalue weighted by molar-refractivity contribution is 0.0795. The van der Waals surface area contributed by atoms with Crippen LogP contribution in [0.3, 0.4) is 0 Å². The Kier molecular flexibility index (Phi) is 5.37. The van der Waals surface area contributed by atoms with E-state index in [-0.39, 0.29) is 11.8 Å². The molecule has 2 N–H and O–H groups in total. The Labute approximate surface area is 140 Å². The lowest BCUT2D eigenvalue weighted by Crippen LogP contribution is -2.35. The van der Waals surface area contributed by atoms with E-state index in [0.29, 0.717) is 24.5 Å². The van der Waals surface area contributed by atoms with Crippen LogP contribution < -0.4 is 5.43 Å². The van der Waals surface area contributed by atoms with E-state index < -0.39 is 11.5 Å². The molecular formula is C18H23NO5. The van der Waals surface area contributed by atoms with Gasteiger partial charge in [0.1, 0.15) is 23.9 Å². The zero-order valence-electron chi connectivity index (χ0n) is 13.6. The minimum absolute atomic E-state index is 0.187. The molecule has 0 aliphatic carbocycles. The molecule has 130 valence electrons. The van der Waals surface area contributed by atoms with E-state index in [9.17, 15) is 15.0 Å². The van der Waals surface area contributed by atoms with Crippen LogP contribution in [0.25, 0.3) is 0 Å². The van der Waals surface area contributed by atoms with Crippen molar-refractivity contribution in [1.29, 1.82) is 0 Å². The highest BCUT2D eigenvalue weighted by molar-refractivity contribution is 5.15. The Hall–Kier alpha value is -2.05. The monoisotopic (exact) mass is 333 g/mol. The summed E-state index contributed by atoms with van der Waals surface area (Å²) in [5.41, 5.74) is -0.432. The van der Waals surface area contributed by atoms with E-state index in [0.717, 1.165) is 38.5 Å². The summed E-state index contributed by atoms with van der Waals surface area (Å²) in [6.45, 7) is 1.38. The molecule has 0 amide bonds. The zero-order chi connectivity index (χ0) is 16.9. The maximum absolute atomic E-state index is 11.6. The first-order valence-corrected chi connectivity index (χ1v) is 8.39. The number of hydrogen-bond acceptors (Lipinski definition) is 6. The molecule has 1 aliphatic heterocycles. The fourth-order valence-corrected chi connectivity index (χ4v) is 3.29. The van der Waals surface area contributed by atoms with Crippen molar-refractivity contribution in [3.05, 3.63) is 52.5 Å². The number of aromatic hydroxyl groups is 1. The van der Waals surface area contributed by atoms with Gasteiger partial charge in [0, 0.05) is 12.1 Å². The molecule has 0 spiro atoms. The SMILES string of the molecule is O=c1cc(CN2CCCCC[C@H]2C[C@@H](O)c2ccco2)occ1O. The highest BCUT2D eigenvalue weighted by atomic mass is 16.4. The molecule has 6 nitrogen and oxygen atoms in total. The first-order valence-electron chi connectivity index (χ1n) is 8.39. The first kappa shape index (κ1) is 16.8. The number of nitrogens with zero attached hydrogens (tertiary/aromatic N) is 1. The molecular weight excluding hydrogens is 310 g/mol. The van der Waals surface area contributed by atoms with Crippen LogP contribution in [0, 0.1) is 0 Å². The molecule has 1 fully saturated rings. The second-order valence-electron chi connectivity index (χ2n) is 6.34. The van der Waals surface area contributed by atoms with Gasteiger partial charge in [-0.2, -0.15) is 0 Å². The molecule has 1 aliphatic rings. The van der Waals surface area contributed by atoms with E-state index in [1.807, 2.05) is 0 Å². The maximum Gasteiger partial charge on any atom is 0.226 e. The smallest absolute Gasteiger partial charge is 0.226 e. The van der Waals surface area contributed by atoms with E-state index >= 15 is 0 Å². The Morgan fingerprint density at radius 2 is 2.17 bits per heavy atom. The summed E-state index contributed by atoms with van der Waals surface area (Å²) < 4.78 is 10.6. The number of likely N-dealkylation sites (tertiary alicyclic amines) is 1. The highest BCUT2D eigenvalue weighted by Gasteiger charge is 2.26.